The van der Waals surface area contributed by atoms with Crippen LogP contribution in [0.2, 0.25) is 0 Å². The highest BCUT2D eigenvalue weighted by Crippen LogP contribution is 2.43. The molecule has 1 N–H and O–H groups in total. The van der Waals surface area contributed by atoms with E-state index in [4.69, 9.17) is 9.47 Å². The predicted octanol–water partition coefficient (Wildman–Crippen LogP) is 5.11. The van der Waals surface area contributed by atoms with E-state index in [2.05, 4.69) is 18.5 Å². The fraction of sp³-hybridized carbons (Fsp3) is 0.200. The van der Waals surface area contributed by atoms with Gasteiger partial charge in [-0.05, 0) is 36.4 Å². The summed E-state index contributed by atoms with van der Waals surface area (Å²) in [5.41, 5.74) is 4.15. The fourth-order valence-corrected chi connectivity index (χ4v) is 4.56. The lowest BCUT2D eigenvalue weighted by Gasteiger charge is -2.29. The molecule has 5 nitrogen and oxygen atoms in total. The van der Waals surface area contributed by atoms with Crippen molar-refractivity contribution in [3.8, 4) is 11.1 Å². The molecule has 31 heavy (non-hydrogen) atoms. The summed E-state index contributed by atoms with van der Waals surface area (Å²) >= 11 is 1.49. The fourth-order valence-electron chi connectivity index (χ4n) is 3.53. The summed E-state index contributed by atoms with van der Waals surface area (Å²) in [4.78, 5) is 26.8. The van der Waals surface area contributed by atoms with Gasteiger partial charge in [0.25, 0.3) is 0 Å². The molecule has 0 amide bonds. The molecule has 1 aromatic carbocycles. The number of esters is 2. The maximum absolute atomic E-state index is 13.0. The van der Waals surface area contributed by atoms with Crippen molar-refractivity contribution in [2.75, 3.05) is 13.2 Å². The van der Waals surface area contributed by atoms with Crippen LogP contribution >= 0.6 is 11.3 Å². The van der Waals surface area contributed by atoms with Crippen LogP contribution in [0.3, 0.4) is 0 Å². The van der Waals surface area contributed by atoms with Crippen molar-refractivity contribution in [1.29, 1.82) is 0 Å². The van der Waals surface area contributed by atoms with Crippen LogP contribution in [-0.4, -0.2) is 25.2 Å². The van der Waals surface area contributed by atoms with E-state index >= 15 is 0 Å². The van der Waals surface area contributed by atoms with Gasteiger partial charge in [0.2, 0.25) is 0 Å². The monoisotopic (exact) mass is 435 g/mol. The molecule has 0 saturated heterocycles. The van der Waals surface area contributed by atoms with Gasteiger partial charge in [0.1, 0.15) is 13.2 Å². The molecular weight excluding hydrogens is 410 g/mol. The van der Waals surface area contributed by atoms with E-state index in [1.54, 1.807) is 13.8 Å². The molecule has 1 aliphatic rings. The van der Waals surface area contributed by atoms with Gasteiger partial charge in [-0.3, -0.25) is 0 Å². The molecule has 0 atom stereocenters. The molecule has 2 heterocycles. The standard InChI is InChI=1S/C25H25NO4S/c1-5-12-29-24(27)21-16(3)26-17(4)22(25(28)30-13-6-2)23(21)20-14-19(15-31-20)18-10-8-7-9-11-18/h5-11,14-15,23,26H,1-2,12-13H2,3-4H3. The normalized spacial score (nSPS) is 14.1. The van der Waals surface area contributed by atoms with Crippen LogP contribution in [-0.2, 0) is 19.1 Å². The maximum atomic E-state index is 13.0. The number of rotatable bonds is 8. The molecule has 0 aliphatic carbocycles. The molecule has 0 spiro atoms. The van der Waals surface area contributed by atoms with E-state index in [-0.39, 0.29) is 13.2 Å². The van der Waals surface area contributed by atoms with Crippen molar-refractivity contribution in [1.82, 2.24) is 5.32 Å². The van der Waals surface area contributed by atoms with E-state index in [0.717, 1.165) is 16.0 Å². The number of carbonyl (C=O) groups excluding carboxylic acids is 2. The number of hydrogen-bond donors (Lipinski definition) is 1. The molecule has 0 fully saturated rings. The third kappa shape index (κ3) is 4.86. The minimum absolute atomic E-state index is 0.0843. The molecule has 0 saturated carbocycles. The van der Waals surface area contributed by atoms with Gasteiger partial charge in [-0.2, -0.15) is 0 Å². The predicted molar refractivity (Wildman–Crippen MR) is 123 cm³/mol. The quantitative estimate of drug-likeness (QED) is 0.461. The number of ether oxygens (including phenoxy) is 2. The Bertz CT molecular complexity index is 1020. The van der Waals surface area contributed by atoms with Gasteiger partial charge in [0.05, 0.1) is 17.1 Å². The van der Waals surface area contributed by atoms with Crippen molar-refractivity contribution >= 4 is 23.3 Å². The molecule has 2 aromatic rings. The number of hydrogen-bond acceptors (Lipinski definition) is 6. The van der Waals surface area contributed by atoms with Gasteiger partial charge < -0.3 is 14.8 Å². The topological polar surface area (TPSA) is 64.6 Å². The molecule has 6 heteroatoms. The SMILES string of the molecule is C=CCOC(=O)C1=C(C)NC(C)=C(C(=O)OCC=C)C1c1cc(-c2ccccc2)cs1. The zero-order valence-corrected chi connectivity index (χ0v) is 18.5. The third-order valence-corrected chi connectivity index (χ3v) is 5.87. The van der Waals surface area contributed by atoms with Crippen molar-refractivity contribution in [3.05, 3.63) is 94.5 Å². The molecule has 3 rings (SSSR count). The van der Waals surface area contributed by atoms with Crippen LogP contribution in [0.4, 0.5) is 0 Å². The Labute approximate surface area is 186 Å². The number of carbonyl (C=O) groups is 2. The van der Waals surface area contributed by atoms with Crippen molar-refractivity contribution < 1.29 is 19.1 Å². The average molecular weight is 436 g/mol. The Morgan fingerprint density at radius 2 is 1.52 bits per heavy atom. The summed E-state index contributed by atoms with van der Waals surface area (Å²) in [6, 6.07) is 12.0. The molecule has 0 radical (unpaired) electrons. The van der Waals surface area contributed by atoms with Crippen molar-refractivity contribution in [3.63, 3.8) is 0 Å². The van der Waals surface area contributed by atoms with Crippen LogP contribution in [0.5, 0.6) is 0 Å². The lowest BCUT2D eigenvalue weighted by molar-refractivity contribution is -0.138. The Morgan fingerprint density at radius 1 is 0.968 bits per heavy atom. The Morgan fingerprint density at radius 3 is 2.03 bits per heavy atom. The largest absolute Gasteiger partial charge is 0.458 e. The maximum Gasteiger partial charge on any atom is 0.337 e. The summed E-state index contributed by atoms with van der Waals surface area (Å²) in [6.45, 7) is 11.0. The number of nitrogens with one attached hydrogen (secondary N) is 1. The van der Waals surface area contributed by atoms with Crippen LogP contribution in [0.15, 0.2) is 89.6 Å². The van der Waals surface area contributed by atoms with Crippen LogP contribution in [0, 0.1) is 0 Å². The Hall–Kier alpha value is -3.38. The summed E-state index contributed by atoms with van der Waals surface area (Å²) < 4.78 is 10.7. The highest BCUT2D eigenvalue weighted by Gasteiger charge is 2.38. The summed E-state index contributed by atoms with van der Waals surface area (Å²) in [5, 5.41) is 5.17. The third-order valence-electron chi connectivity index (χ3n) is 4.88. The molecule has 0 bridgehead atoms. The Balaban J connectivity index is 2.09. The van der Waals surface area contributed by atoms with Crippen LogP contribution in [0.1, 0.15) is 24.6 Å². The second-order valence-electron chi connectivity index (χ2n) is 7.01. The highest BCUT2D eigenvalue weighted by atomic mass is 32.1. The van der Waals surface area contributed by atoms with Gasteiger partial charge in [-0.15, -0.1) is 11.3 Å². The molecule has 1 aliphatic heterocycles. The molecular formula is C25H25NO4S. The first-order valence-corrected chi connectivity index (χ1v) is 10.7. The zero-order valence-electron chi connectivity index (χ0n) is 17.6. The number of dihydropyridines is 1. The number of thiophene rings is 1. The number of benzene rings is 1. The second kappa shape index (κ2) is 10.1. The summed E-state index contributed by atoms with van der Waals surface area (Å²) in [6.07, 6.45) is 3.02. The van der Waals surface area contributed by atoms with E-state index in [1.165, 1.54) is 23.5 Å². The first-order chi connectivity index (χ1) is 15.0. The lowest BCUT2D eigenvalue weighted by Crippen LogP contribution is -2.32. The van der Waals surface area contributed by atoms with Gasteiger partial charge >= 0.3 is 11.9 Å². The molecule has 0 unspecified atom stereocenters. The zero-order chi connectivity index (χ0) is 22.4. The van der Waals surface area contributed by atoms with Gasteiger partial charge in [-0.25, -0.2) is 9.59 Å². The van der Waals surface area contributed by atoms with Crippen molar-refractivity contribution in [2.45, 2.75) is 19.8 Å². The van der Waals surface area contributed by atoms with E-state index < -0.39 is 17.9 Å². The first kappa shape index (κ1) is 22.3. The second-order valence-corrected chi connectivity index (χ2v) is 7.96. The molecule has 160 valence electrons. The van der Waals surface area contributed by atoms with Gasteiger partial charge in [0.15, 0.2) is 0 Å². The first-order valence-electron chi connectivity index (χ1n) is 9.86. The average Bonchev–Trinajstić information content (AvgIpc) is 3.26. The number of allylic oxidation sites excluding steroid dienone is 2. The van der Waals surface area contributed by atoms with E-state index in [1.807, 2.05) is 41.8 Å². The summed E-state index contributed by atoms with van der Waals surface area (Å²) in [7, 11) is 0. The van der Waals surface area contributed by atoms with Crippen molar-refractivity contribution in [2.24, 2.45) is 0 Å². The smallest absolute Gasteiger partial charge is 0.337 e. The van der Waals surface area contributed by atoms with E-state index in [9.17, 15) is 9.59 Å². The lowest BCUT2D eigenvalue weighted by atomic mass is 9.84. The highest BCUT2D eigenvalue weighted by molar-refractivity contribution is 7.10. The minimum Gasteiger partial charge on any atom is -0.458 e. The summed E-state index contributed by atoms with van der Waals surface area (Å²) in [5.74, 6) is -1.59. The van der Waals surface area contributed by atoms with E-state index in [0.29, 0.717) is 22.5 Å². The van der Waals surface area contributed by atoms with Crippen LogP contribution in [0.25, 0.3) is 11.1 Å². The molecule has 1 aromatic heterocycles. The minimum atomic E-state index is -0.599. The van der Waals surface area contributed by atoms with Crippen LogP contribution < -0.4 is 5.32 Å². The Kier molecular flexibility index (Phi) is 7.26. The van der Waals surface area contributed by atoms with Gasteiger partial charge in [0, 0.05) is 16.3 Å². The van der Waals surface area contributed by atoms with Gasteiger partial charge in [-0.1, -0.05) is 55.6 Å².